The number of hydrogen-bond acceptors (Lipinski definition) is 5. The van der Waals surface area contributed by atoms with E-state index in [9.17, 15) is 4.79 Å². The molecule has 2 atom stereocenters. The summed E-state index contributed by atoms with van der Waals surface area (Å²) < 4.78 is 7.28. The van der Waals surface area contributed by atoms with Crippen LogP contribution in [0.1, 0.15) is 41.4 Å². The molecule has 1 saturated heterocycles. The van der Waals surface area contributed by atoms with Crippen molar-refractivity contribution in [3.8, 4) is 0 Å². The number of H-pyrrole nitrogens is 1. The van der Waals surface area contributed by atoms with Crippen molar-refractivity contribution in [2.24, 2.45) is 0 Å². The Morgan fingerprint density at radius 2 is 2.17 bits per heavy atom. The number of carbonyl (C=O) groups excluding carboxylic acids is 1. The van der Waals surface area contributed by atoms with Crippen LogP contribution in [0.3, 0.4) is 0 Å². The highest BCUT2D eigenvalue weighted by atomic mass is 16.5. The molecule has 0 aliphatic carbocycles. The molecule has 0 unspecified atom stereocenters. The van der Waals surface area contributed by atoms with Crippen molar-refractivity contribution in [1.82, 2.24) is 30.3 Å². The number of hydrogen-bond donors (Lipinski definition) is 2. The number of ether oxygens (including phenoxy) is 1. The van der Waals surface area contributed by atoms with Gasteiger partial charge < -0.3 is 10.1 Å². The smallest absolute Gasteiger partial charge is 0.242 e. The lowest BCUT2D eigenvalue weighted by Gasteiger charge is -2.17. The minimum Gasteiger partial charge on any atom is -0.378 e. The maximum absolute atomic E-state index is 12.4. The third-order valence-electron chi connectivity index (χ3n) is 4.68. The molecular formula is C16H24N6O2. The van der Waals surface area contributed by atoms with Gasteiger partial charge in [-0.2, -0.15) is 10.2 Å². The fourth-order valence-corrected chi connectivity index (χ4v) is 2.91. The van der Waals surface area contributed by atoms with E-state index in [2.05, 4.69) is 25.6 Å². The van der Waals surface area contributed by atoms with Crippen molar-refractivity contribution in [2.75, 3.05) is 13.2 Å². The van der Waals surface area contributed by atoms with Gasteiger partial charge in [-0.1, -0.05) is 6.92 Å². The Morgan fingerprint density at radius 1 is 1.38 bits per heavy atom. The summed E-state index contributed by atoms with van der Waals surface area (Å²) in [7, 11) is 0. The molecule has 0 bridgehead atoms. The van der Waals surface area contributed by atoms with E-state index in [1.807, 2.05) is 27.7 Å². The highest BCUT2D eigenvalue weighted by Crippen LogP contribution is 2.23. The molecule has 2 aromatic rings. The SMILES string of the molecule is CCc1nc([C@@H]2COC[C@@H]2NC(=O)Cn2nc(C)c(C)c2C)n[nH]1. The molecule has 1 aliphatic rings. The van der Waals surface area contributed by atoms with Crippen molar-refractivity contribution in [3.63, 3.8) is 0 Å². The van der Waals surface area contributed by atoms with Crippen LogP contribution in [0, 0.1) is 20.8 Å². The highest BCUT2D eigenvalue weighted by molar-refractivity contribution is 5.76. The summed E-state index contributed by atoms with van der Waals surface area (Å²) in [6.45, 7) is 9.16. The first-order valence-corrected chi connectivity index (χ1v) is 8.28. The Balaban J connectivity index is 1.65. The van der Waals surface area contributed by atoms with Gasteiger partial charge in [-0.3, -0.25) is 14.6 Å². The first-order chi connectivity index (χ1) is 11.5. The van der Waals surface area contributed by atoms with E-state index < -0.39 is 0 Å². The molecule has 1 aliphatic heterocycles. The van der Waals surface area contributed by atoms with Crippen molar-refractivity contribution in [2.45, 2.75) is 52.6 Å². The number of amides is 1. The maximum Gasteiger partial charge on any atom is 0.242 e. The summed E-state index contributed by atoms with van der Waals surface area (Å²) in [6.07, 6.45) is 0.800. The zero-order chi connectivity index (χ0) is 17.3. The molecule has 24 heavy (non-hydrogen) atoms. The molecule has 0 spiro atoms. The molecule has 0 saturated carbocycles. The molecule has 2 N–H and O–H groups in total. The third kappa shape index (κ3) is 3.19. The van der Waals surface area contributed by atoms with Gasteiger partial charge in [0.05, 0.1) is 30.9 Å². The molecule has 1 fully saturated rings. The lowest BCUT2D eigenvalue weighted by molar-refractivity contribution is -0.122. The summed E-state index contributed by atoms with van der Waals surface area (Å²) in [5.74, 6) is 1.46. The molecule has 8 heteroatoms. The fourth-order valence-electron chi connectivity index (χ4n) is 2.91. The quantitative estimate of drug-likeness (QED) is 0.843. The van der Waals surface area contributed by atoms with Gasteiger partial charge in [0.25, 0.3) is 0 Å². The van der Waals surface area contributed by atoms with E-state index in [0.717, 1.165) is 29.2 Å². The zero-order valence-corrected chi connectivity index (χ0v) is 14.6. The second-order valence-electron chi connectivity index (χ2n) is 6.27. The minimum absolute atomic E-state index is 0.0207. The average Bonchev–Trinajstić information content (AvgIpc) is 3.25. The first-order valence-electron chi connectivity index (χ1n) is 8.28. The summed E-state index contributed by atoms with van der Waals surface area (Å²) >= 11 is 0. The maximum atomic E-state index is 12.4. The van der Waals surface area contributed by atoms with E-state index >= 15 is 0 Å². The van der Waals surface area contributed by atoms with Crippen LogP contribution < -0.4 is 5.32 Å². The molecule has 2 aromatic heterocycles. The third-order valence-corrected chi connectivity index (χ3v) is 4.68. The Labute approximate surface area is 141 Å². The Bertz CT molecular complexity index is 735. The summed E-state index contributed by atoms with van der Waals surface area (Å²) in [5, 5.41) is 14.6. The van der Waals surface area contributed by atoms with E-state index in [4.69, 9.17) is 4.74 Å². The Hall–Kier alpha value is -2.22. The van der Waals surface area contributed by atoms with Gasteiger partial charge in [0.15, 0.2) is 5.82 Å². The molecule has 1 amide bonds. The molecule has 0 radical (unpaired) electrons. The number of aromatic nitrogens is 5. The van der Waals surface area contributed by atoms with Crippen LogP contribution in [-0.4, -0.2) is 50.1 Å². The molecule has 3 rings (SSSR count). The molecule has 130 valence electrons. The topological polar surface area (TPSA) is 97.7 Å². The first kappa shape index (κ1) is 16.6. The number of rotatable bonds is 5. The lowest BCUT2D eigenvalue weighted by Crippen LogP contribution is -2.41. The summed E-state index contributed by atoms with van der Waals surface area (Å²) in [4.78, 5) is 16.9. The van der Waals surface area contributed by atoms with Crippen molar-refractivity contribution >= 4 is 5.91 Å². The Kier molecular flexibility index (Phi) is 4.66. The molecule has 8 nitrogen and oxygen atoms in total. The van der Waals surface area contributed by atoms with Gasteiger partial charge in [0, 0.05) is 12.1 Å². The van der Waals surface area contributed by atoms with Gasteiger partial charge in [-0.05, 0) is 26.3 Å². The van der Waals surface area contributed by atoms with Crippen LogP contribution in [0.25, 0.3) is 0 Å². The van der Waals surface area contributed by atoms with Gasteiger partial charge in [-0.15, -0.1) is 0 Å². The zero-order valence-electron chi connectivity index (χ0n) is 14.6. The minimum atomic E-state index is -0.115. The van der Waals surface area contributed by atoms with Crippen LogP contribution in [0.15, 0.2) is 0 Å². The average molecular weight is 332 g/mol. The number of carbonyl (C=O) groups is 1. The van der Waals surface area contributed by atoms with E-state index in [1.165, 1.54) is 0 Å². The van der Waals surface area contributed by atoms with E-state index in [1.54, 1.807) is 4.68 Å². The van der Waals surface area contributed by atoms with Crippen LogP contribution in [0.5, 0.6) is 0 Å². The predicted octanol–water partition coefficient (Wildman–Crippen LogP) is 0.788. The molecule has 3 heterocycles. The monoisotopic (exact) mass is 332 g/mol. The normalized spacial score (nSPS) is 20.5. The van der Waals surface area contributed by atoms with Gasteiger partial charge in [0.1, 0.15) is 12.4 Å². The van der Waals surface area contributed by atoms with Crippen molar-refractivity contribution in [3.05, 3.63) is 28.6 Å². The Morgan fingerprint density at radius 3 is 2.79 bits per heavy atom. The van der Waals surface area contributed by atoms with Crippen molar-refractivity contribution < 1.29 is 9.53 Å². The van der Waals surface area contributed by atoms with Crippen LogP contribution in [-0.2, 0) is 22.5 Å². The highest BCUT2D eigenvalue weighted by Gasteiger charge is 2.33. The standard InChI is InChI=1S/C16H24N6O2/c1-5-14-18-16(20-19-14)12-7-24-8-13(12)17-15(23)6-22-11(4)9(2)10(3)21-22/h12-13H,5-8H2,1-4H3,(H,17,23)(H,18,19,20)/t12-,13+/m1/s1. The number of nitrogens with one attached hydrogen (secondary N) is 2. The summed E-state index contributed by atoms with van der Waals surface area (Å²) in [5.41, 5.74) is 3.09. The van der Waals surface area contributed by atoms with Gasteiger partial charge in [0.2, 0.25) is 5.91 Å². The fraction of sp³-hybridized carbons (Fsp3) is 0.625. The van der Waals surface area contributed by atoms with Crippen LogP contribution in [0.4, 0.5) is 0 Å². The number of nitrogens with zero attached hydrogens (tertiary/aromatic N) is 4. The number of aryl methyl sites for hydroxylation is 2. The second kappa shape index (κ2) is 6.72. The van der Waals surface area contributed by atoms with Gasteiger partial charge in [-0.25, -0.2) is 4.98 Å². The molecule has 0 aromatic carbocycles. The van der Waals surface area contributed by atoms with E-state index in [0.29, 0.717) is 19.0 Å². The van der Waals surface area contributed by atoms with Crippen LogP contribution in [0.2, 0.25) is 0 Å². The largest absolute Gasteiger partial charge is 0.378 e. The van der Waals surface area contributed by atoms with E-state index in [-0.39, 0.29) is 24.4 Å². The predicted molar refractivity (Wildman–Crippen MR) is 87.7 cm³/mol. The summed E-state index contributed by atoms with van der Waals surface area (Å²) in [6, 6.07) is -0.115. The van der Waals surface area contributed by atoms with Gasteiger partial charge >= 0.3 is 0 Å². The second-order valence-corrected chi connectivity index (χ2v) is 6.27. The number of aromatic amines is 1. The van der Waals surface area contributed by atoms with Crippen LogP contribution >= 0.6 is 0 Å². The molecular weight excluding hydrogens is 308 g/mol. The lowest BCUT2D eigenvalue weighted by atomic mass is 10.0. The van der Waals surface area contributed by atoms with Crippen molar-refractivity contribution in [1.29, 1.82) is 0 Å².